The van der Waals surface area contributed by atoms with E-state index >= 15 is 0 Å². The average Bonchev–Trinajstić information content (AvgIpc) is 2.48. The Bertz CT molecular complexity index is 669. The lowest BCUT2D eigenvalue weighted by Gasteiger charge is -2.14. The predicted molar refractivity (Wildman–Crippen MR) is 76.1 cm³/mol. The Balaban J connectivity index is 2.25. The molecule has 21 heavy (non-hydrogen) atoms. The van der Waals surface area contributed by atoms with Crippen LogP contribution in [0.2, 0.25) is 0 Å². The number of halogens is 1. The Morgan fingerprint density at radius 1 is 1.05 bits per heavy atom. The molecular weight excluding hydrogens is 271 g/mol. The molecule has 0 aliphatic rings. The zero-order valence-corrected chi connectivity index (χ0v) is 11.0. The van der Waals surface area contributed by atoms with E-state index in [1.165, 1.54) is 12.1 Å². The van der Waals surface area contributed by atoms with Crippen LogP contribution in [0.25, 0.3) is 0 Å². The van der Waals surface area contributed by atoms with Gasteiger partial charge in [0.05, 0.1) is 0 Å². The zero-order valence-electron chi connectivity index (χ0n) is 11.0. The molecule has 0 unspecified atom stereocenters. The molecule has 0 saturated carbocycles. The Morgan fingerprint density at radius 2 is 1.67 bits per heavy atom. The van der Waals surface area contributed by atoms with Crippen molar-refractivity contribution in [1.82, 2.24) is 0 Å². The van der Waals surface area contributed by atoms with Gasteiger partial charge in [0.2, 0.25) is 0 Å². The Labute approximate surface area is 121 Å². The lowest BCUT2D eigenvalue weighted by atomic mass is 9.93. The summed E-state index contributed by atoms with van der Waals surface area (Å²) in [7, 11) is 0. The average molecular weight is 284 g/mol. The van der Waals surface area contributed by atoms with Gasteiger partial charge in [-0.2, -0.15) is 0 Å². The van der Waals surface area contributed by atoms with Gasteiger partial charge in [0, 0.05) is 5.56 Å². The fourth-order valence-electron chi connectivity index (χ4n) is 1.89. The van der Waals surface area contributed by atoms with E-state index in [1.54, 1.807) is 24.3 Å². The first-order chi connectivity index (χ1) is 10.1. The summed E-state index contributed by atoms with van der Waals surface area (Å²) in [5.74, 6) is 2.35. The van der Waals surface area contributed by atoms with Crippen LogP contribution < -0.4 is 0 Å². The summed E-state index contributed by atoms with van der Waals surface area (Å²) in [6, 6.07) is 13.9. The second kappa shape index (κ2) is 6.69. The monoisotopic (exact) mass is 284 g/mol. The van der Waals surface area contributed by atoms with Crippen molar-refractivity contribution in [3.05, 3.63) is 71.5 Å². The summed E-state index contributed by atoms with van der Waals surface area (Å²) in [6.45, 7) is 0. The smallest absolute Gasteiger partial charge is 0.314 e. The number of carboxylic acid groups (broad SMARTS) is 1. The van der Waals surface area contributed by atoms with Crippen molar-refractivity contribution in [3.8, 4) is 11.8 Å². The second-order valence-electron chi connectivity index (χ2n) is 4.45. The number of hydrogen-bond donors (Lipinski definition) is 2. The van der Waals surface area contributed by atoms with Gasteiger partial charge in [-0.3, -0.25) is 4.79 Å². The molecule has 2 aromatic carbocycles. The first-order valence-corrected chi connectivity index (χ1v) is 6.31. The molecule has 2 aromatic rings. The number of benzene rings is 2. The molecule has 0 aliphatic heterocycles. The van der Waals surface area contributed by atoms with Gasteiger partial charge in [-0.25, -0.2) is 4.39 Å². The van der Waals surface area contributed by atoms with Gasteiger partial charge in [-0.1, -0.05) is 42.2 Å². The van der Waals surface area contributed by atoms with Gasteiger partial charge < -0.3 is 10.2 Å². The molecule has 3 nitrogen and oxygen atoms in total. The highest BCUT2D eigenvalue weighted by molar-refractivity contribution is 5.77. The molecule has 0 aromatic heterocycles. The number of carboxylic acids is 1. The summed E-state index contributed by atoms with van der Waals surface area (Å²) in [5, 5.41) is 19.3. The number of carbonyl (C=O) groups is 1. The highest BCUT2D eigenvalue weighted by Gasteiger charge is 2.27. The van der Waals surface area contributed by atoms with E-state index < -0.39 is 23.8 Å². The molecule has 0 amide bonds. The van der Waals surface area contributed by atoms with Crippen LogP contribution in [0.15, 0.2) is 54.6 Å². The number of aliphatic hydroxyl groups excluding tert-OH is 1. The zero-order chi connectivity index (χ0) is 15.2. The first kappa shape index (κ1) is 14.8. The van der Waals surface area contributed by atoms with Gasteiger partial charge in [0.25, 0.3) is 0 Å². The second-order valence-corrected chi connectivity index (χ2v) is 4.45. The molecular formula is C17H13FO3. The molecule has 0 saturated heterocycles. The van der Waals surface area contributed by atoms with E-state index in [1.807, 2.05) is 6.07 Å². The third-order valence-electron chi connectivity index (χ3n) is 2.95. The maximum atomic E-state index is 12.9. The minimum atomic E-state index is -1.38. The van der Waals surface area contributed by atoms with E-state index in [0.29, 0.717) is 11.1 Å². The van der Waals surface area contributed by atoms with E-state index in [2.05, 4.69) is 11.8 Å². The van der Waals surface area contributed by atoms with E-state index in [9.17, 15) is 19.4 Å². The third-order valence-corrected chi connectivity index (χ3v) is 2.95. The minimum absolute atomic E-state index is 0.304. The van der Waals surface area contributed by atoms with Crippen LogP contribution in [0.5, 0.6) is 0 Å². The number of aliphatic carboxylic acids is 1. The molecule has 0 spiro atoms. The van der Waals surface area contributed by atoms with Gasteiger partial charge in [0.15, 0.2) is 0 Å². The largest absolute Gasteiger partial charge is 0.481 e. The molecule has 4 heteroatoms. The van der Waals surface area contributed by atoms with Crippen LogP contribution in [0.4, 0.5) is 4.39 Å². The Morgan fingerprint density at radius 3 is 2.24 bits per heavy atom. The molecule has 0 heterocycles. The molecule has 2 atom stereocenters. The highest BCUT2D eigenvalue weighted by Crippen LogP contribution is 2.20. The molecule has 0 bridgehead atoms. The van der Waals surface area contributed by atoms with Crippen molar-refractivity contribution in [2.75, 3.05) is 0 Å². The van der Waals surface area contributed by atoms with Crippen molar-refractivity contribution in [1.29, 1.82) is 0 Å². The molecule has 0 aliphatic carbocycles. The van der Waals surface area contributed by atoms with E-state index in [0.717, 1.165) is 12.1 Å². The van der Waals surface area contributed by atoms with E-state index in [-0.39, 0.29) is 0 Å². The van der Waals surface area contributed by atoms with Crippen LogP contribution in [0.3, 0.4) is 0 Å². The number of aliphatic hydroxyl groups is 1. The fraction of sp³-hybridized carbons (Fsp3) is 0.118. The maximum absolute atomic E-state index is 12.9. The van der Waals surface area contributed by atoms with Crippen LogP contribution in [-0.2, 0) is 4.79 Å². The van der Waals surface area contributed by atoms with Crippen molar-refractivity contribution >= 4 is 5.97 Å². The van der Waals surface area contributed by atoms with Crippen molar-refractivity contribution < 1.29 is 19.4 Å². The van der Waals surface area contributed by atoms with E-state index in [4.69, 9.17) is 0 Å². The SMILES string of the molecule is O=C(O)[C@H](c1ccc(F)cc1)[C@H](O)C#Cc1ccccc1. The highest BCUT2D eigenvalue weighted by atomic mass is 19.1. The van der Waals surface area contributed by atoms with Crippen molar-refractivity contribution in [3.63, 3.8) is 0 Å². The summed E-state index contributed by atoms with van der Waals surface area (Å²) in [4.78, 5) is 11.3. The van der Waals surface area contributed by atoms with Gasteiger partial charge in [-0.05, 0) is 29.8 Å². The quantitative estimate of drug-likeness (QED) is 0.851. The van der Waals surface area contributed by atoms with Crippen molar-refractivity contribution in [2.45, 2.75) is 12.0 Å². The number of hydrogen-bond acceptors (Lipinski definition) is 2. The molecule has 0 fully saturated rings. The van der Waals surface area contributed by atoms with Crippen LogP contribution >= 0.6 is 0 Å². The topological polar surface area (TPSA) is 57.5 Å². The lowest BCUT2D eigenvalue weighted by molar-refractivity contribution is -0.140. The Kier molecular flexibility index (Phi) is 4.70. The summed E-state index contributed by atoms with van der Waals surface area (Å²) < 4.78 is 12.9. The summed E-state index contributed by atoms with van der Waals surface area (Å²) in [6.07, 6.45) is -1.38. The summed E-state index contributed by atoms with van der Waals surface area (Å²) >= 11 is 0. The third kappa shape index (κ3) is 3.91. The normalized spacial score (nSPS) is 12.9. The predicted octanol–water partition coefficient (Wildman–Crippen LogP) is 2.41. The van der Waals surface area contributed by atoms with Crippen LogP contribution in [0, 0.1) is 17.7 Å². The van der Waals surface area contributed by atoms with Gasteiger partial charge >= 0.3 is 5.97 Å². The van der Waals surface area contributed by atoms with Crippen LogP contribution in [-0.4, -0.2) is 22.3 Å². The van der Waals surface area contributed by atoms with Gasteiger partial charge in [0.1, 0.15) is 17.8 Å². The maximum Gasteiger partial charge on any atom is 0.314 e. The lowest BCUT2D eigenvalue weighted by Crippen LogP contribution is -2.24. The molecule has 106 valence electrons. The standard InChI is InChI=1S/C17H13FO3/c18-14-9-7-13(8-10-14)16(17(20)21)15(19)11-6-12-4-2-1-3-5-12/h1-5,7-10,15-16,19H,(H,20,21)/t15-,16-/m1/s1. The molecule has 0 radical (unpaired) electrons. The minimum Gasteiger partial charge on any atom is -0.481 e. The summed E-state index contributed by atoms with van der Waals surface area (Å²) in [5.41, 5.74) is 0.985. The van der Waals surface area contributed by atoms with Crippen LogP contribution in [0.1, 0.15) is 17.0 Å². The van der Waals surface area contributed by atoms with Gasteiger partial charge in [-0.15, -0.1) is 0 Å². The fourth-order valence-corrected chi connectivity index (χ4v) is 1.89. The number of rotatable bonds is 3. The Hall–Kier alpha value is -2.64. The van der Waals surface area contributed by atoms with Crippen molar-refractivity contribution in [2.24, 2.45) is 0 Å². The molecule has 2 N–H and O–H groups in total. The first-order valence-electron chi connectivity index (χ1n) is 6.31. The molecule has 2 rings (SSSR count).